The summed E-state index contributed by atoms with van der Waals surface area (Å²) in [4.78, 5) is 36.0. The molecule has 3 heterocycles. The lowest BCUT2D eigenvalue weighted by atomic mass is 9.93. The number of ether oxygens (including phenoxy) is 2. The van der Waals surface area contributed by atoms with Gasteiger partial charge in [0.1, 0.15) is 17.7 Å². The summed E-state index contributed by atoms with van der Waals surface area (Å²) in [5.41, 5.74) is 5.65. The van der Waals surface area contributed by atoms with Crippen LogP contribution in [0.3, 0.4) is 0 Å². The third-order valence-corrected chi connectivity index (χ3v) is 6.55. The van der Waals surface area contributed by atoms with Crippen molar-refractivity contribution in [3.8, 4) is 11.1 Å². The monoisotopic (exact) mass is 577 g/mol. The zero-order chi connectivity index (χ0) is 29.2. The topological polar surface area (TPSA) is 212 Å². The smallest absolute Gasteiger partial charge is 0.348 e. The van der Waals surface area contributed by atoms with Crippen LogP contribution in [0, 0.1) is 6.92 Å². The minimum atomic E-state index is -2.77. The number of rotatable bonds is 12. The van der Waals surface area contributed by atoms with Crippen molar-refractivity contribution < 1.29 is 38.8 Å². The molecule has 4 aromatic rings. The number of imidazole rings is 1. The van der Waals surface area contributed by atoms with Gasteiger partial charge in [-0.3, -0.25) is 9.67 Å². The van der Waals surface area contributed by atoms with Crippen molar-refractivity contribution in [2.24, 2.45) is 0 Å². The Morgan fingerprint density at radius 2 is 1.90 bits per heavy atom. The third-order valence-electron chi connectivity index (χ3n) is 6.39. The highest BCUT2D eigenvalue weighted by atomic mass is 35.5. The predicted molar refractivity (Wildman–Crippen MR) is 138 cm³/mol. The van der Waals surface area contributed by atoms with Crippen molar-refractivity contribution in [3.63, 3.8) is 0 Å². The lowest BCUT2D eigenvalue weighted by molar-refractivity contribution is -0.192. The fourth-order valence-corrected chi connectivity index (χ4v) is 4.28. The number of aliphatic hydroxyl groups is 1. The Bertz CT molecular complexity index is 1510. The van der Waals surface area contributed by atoms with Gasteiger partial charge >= 0.3 is 11.9 Å². The fourth-order valence-electron chi connectivity index (χ4n) is 4.11. The number of benzene rings is 1. The van der Waals surface area contributed by atoms with Gasteiger partial charge in [-0.1, -0.05) is 24.3 Å². The average Bonchev–Trinajstić information content (AvgIpc) is 3.54. The Balaban J connectivity index is 1.54. The van der Waals surface area contributed by atoms with Crippen LogP contribution in [-0.4, -0.2) is 88.5 Å². The minimum Gasteiger partial charge on any atom is -0.479 e. The van der Waals surface area contributed by atoms with Crippen molar-refractivity contribution in [1.29, 1.82) is 0 Å². The molecule has 0 amide bonds. The van der Waals surface area contributed by atoms with Crippen LogP contribution in [0.1, 0.15) is 17.6 Å². The van der Waals surface area contributed by atoms with Crippen molar-refractivity contribution >= 4 is 40.5 Å². The Morgan fingerprint density at radius 1 is 1.23 bits per heavy atom. The van der Waals surface area contributed by atoms with Crippen molar-refractivity contribution in [3.05, 3.63) is 53.3 Å². The van der Waals surface area contributed by atoms with E-state index in [-0.39, 0.29) is 22.3 Å². The molecular weight excluding hydrogens is 553 g/mol. The Kier molecular flexibility index (Phi) is 8.29. The molecule has 0 bridgehead atoms. The van der Waals surface area contributed by atoms with Crippen molar-refractivity contribution in [2.75, 3.05) is 19.5 Å². The van der Waals surface area contributed by atoms with Crippen LogP contribution in [0.25, 0.3) is 22.3 Å². The summed E-state index contributed by atoms with van der Waals surface area (Å²) in [5, 5.41) is 37.0. The van der Waals surface area contributed by atoms with Crippen LogP contribution in [0.15, 0.2) is 36.8 Å². The van der Waals surface area contributed by atoms with Crippen molar-refractivity contribution in [2.45, 2.75) is 37.4 Å². The number of carbonyl (C=O) groups is 2. The summed E-state index contributed by atoms with van der Waals surface area (Å²) < 4.78 is 26.8. The van der Waals surface area contributed by atoms with Crippen LogP contribution in [0.2, 0.25) is 5.28 Å². The normalized spacial score (nSPS) is 14.2. The number of alkyl halides is 1. The molecule has 0 radical (unpaired) electrons. The highest BCUT2D eigenvalue weighted by molar-refractivity contribution is 6.28. The number of carboxylic acids is 2. The number of nitrogens with one attached hydrogen (secondary N) is 1. The first-order valence-corrected chi connectivity index (χ1v) is 12.1. The molecule has 6 N–H and O–H groups in total. The lowest BCUT2D eigenvalue weighted by Crippen LogP contribution is -2.53. The SMILES string of the molecule is CO[C@H](COC(Cc1ccc(-c2cn[nH]c2C)cc1)(C(=O)O)C(=O)O)[C@@H](O)[C@H](F)n1cnc2c(N)nc(Cl)nc21. The Morgan fingerprint density at radius 3 is 2.48 bits per heavy atom. The number of anilines is 1. The first-order chi connectivity index (χ1) is 19.0. The van der Waals surface area contributed by atoms with E-state index >= 15 is 4.39 Å². The maximum Gasteiger partial charge on any atom is 0.348 e. The standard InChI is InChI=1S/C24H25ClFN7O7/c1-11-14(8-29-32-11)13-5-3-12(4-6-13)7-24(21(35)36,22(37)38)40-9-15(39-2)17(34)18(26)33-10-28-16-19(27)30-23(25)31-20(16)33/h3-6,8,10,15,17-18,34H,7,9H2,1-2H3,(H,29,32)(H,35,36)(H,37,38)(H2,27,30,31)/t15-,17-,18-/m1/s1. The van der Waals surface area contributed by atoms with Crippen LogP contribution < -0.4 is 5.73 Å². The van der Waals surface area contributed by atoms with Gasteiger partial charge in [0.2, 0.25) is 11.6 Å². The number of H-pyrrole nitrogens is 1. The molecule has 1 aromatic carbocycles. The average molecular weight is 578 g/mol. The number of aromatic amines is 1. The van der Waals surface area contributed by atoms with Crippen molar-refractivity contribution in [1.82, 2.24) is 29.7 Å². The fraction of sp³-hybridized carbons (Fsp3) is 0.333. The maximum atomic E-state index is 15.4. The van der Waals surface area contributed by atoms with E-state index in [1.807, 2.05) is 6.92 Å². The number of nitrogens with zero attached hydrogens (tertiary/aromatic N) is 5. The molecule has 40 heavy (non-hydrogen) atoms. The highest BCUT2D eigenvalue weighted by Crippen LogP contribution is 2.28. The van der Waals surface area contributed by atoms with Gasteiger partial charge in [-0.15, -0.1) is 0 Å². The molecule has 0 unspecified atom stereocenters. The summed E-state index contributed by atoms with van der Waals surface area (Å²) in [7, 11) is 1.12. The number of halogens is 2. The second-order valence-electron chi connectivity index (χ2n) is 8.87. The zero-order valence-electron chi connectivity index (χ0n) is 21.2. The number of aliphatic hydroxyl groups excluding tert-OH is 1. The Labute approximate surface area is 230 Å². The molecule has 3 atom stereocenters. The first kappa shape index (κ1) is 28.8. The summed E-state index contributed by atoms with van der Waals surface area (Å²) in [5.74, 6) is -3.70. The number of nitrogens with two attached hydrogens (primary N) is 1. The molecule has 14 nitrogen and oxygen atoms in total. The van der Waals surface area contributed by atoms with Gasteiger partial charge in [0, 0.05) is 24.8 Å². The minimum absolute atomic E-state index is 0.0363. The Hall–Kier alpha value is -4.18. The summed E-state index contributed by atoms with van der Waals surface area (Å²) in [6.45, 7) is 1.04. The van der Waals surface area contributed by atoms with E-state index in [1.165, 1.54) is 0 Å². The van der Waals surface area contributed by atoms with Gasteiger partial charge in [0.05, 0.1) is 19.1 Å². The largest absolute Gasteiger partial charge is 0.479 e. The second kappa shape index (κ2) is 11.5. The van der Waals surface area contributed by atoms with Crippen LogP contribution in [0.5, 0.6) is 0 Å². The van der Waals surface area contributed by atoms with Crippen LogP contribution in [-0.2, 0) is 25.5 Å². The van der Waals surface area contributed by atoms with Gasteiger partial charge < -0.3 is 30.5 Å². The molecule has 0 aliphatic carbocycles. The lowest BCUT2D eigenvalue weighted by Gasteiger charge is -2.30. The van der Waals surface area contributed by atoms with E-state index in [1.54, 1.807) is 30.5 Å². The number of aromatic nitrogens is 6. The van der Waals surface area contributed by atoms with E-state index in [9.17, 15) is 24.9 Å². The maximum absolute atomic E-state index is 15.4. The van der Waals surface area contributed by atoms with E-state index in [0.717, 1.165) is 34.8 Å². The van der Waals surface area contributed by atoms with E-state index in [4.69, 9.17) is 26.8 Å². The van der Waals surface area contributed by atoms with Gasteiger partial charge in [0.15, 0.2) is 11.5 Å². The molecule has 212 valence electrons. The number of aryl methyl sites for hydroxylation is 1. The molecule has 0 spiro atoms. The second-order valence-corrected chi connectivity index (χ2v) is 9.21. The van der Waals surface area contributed by atoms with Gasteiger partial charge in [-0.05, 0) is 29.7 Å². The number of methoxy groups -OCH3 is 1. The van der Waals surface area contributed by atoms with Crippen LogP contribution in [0.4, 0.5) is 10.2 Å². The quantitative estimate of drug-likeness (QED) is 0.120. The van der Waals surface area contributed by atoms with Crippen LogP contribution >= 0.6 is 11.6 Å². The summed E-state index contributed by atoms with van der Waals surface area (Å²) >= 11 is 5.81. The number of aliphatic carboxylic acids is 2. The summed E-state index contributed by atoms with van der Waals surface area (Å²) in [6.07, 6.45) is -3.66. The number of fused-ring (bicyclic) bond motifs is 1. The molecule has 4 rings (SSSR count). The molecule has 16 heteroatoms. The first-order valence-electron chi connectivity index (χ1n) is 11.7. The number of hydrogen-bond donors (Lipinski definition) is 5. The predicted octanol–water partition coefficient (Wildman–Crippen LogP) is 1.77. The molecule has 0 saturated heterocycles. The van der Waals surface area contributed by atoms with Gasteiger partial charge in [-0.2, -0.15) is 15.1 Å². The molecule has 0 saturated carbocycles. The zero-order valence-corrected chi connectivity index (χ0v) is 21.9. The molecule has 0 aliphatic heterocycles. The van der Waals surface area contributed by atoms with E-state index in [0.29, 0.717) is 5.56 Å². The molecule has 0 aliphatic rings. The van der Waals surface area contributed by atoms with E-state index < -0.39 is 49.1 Å². The van der Waals surface area contributed by atoms with Gasteiger partial charge in [0.25, 0.3) is 5.60 Å². The third kappa shape index (κ3) is 5.44. The number of carboxylic acid groups (broad SMARTS) is 2. The number of hydrogen-bond acceptors (Lipinski definition) is 10. The highest BCUT2D eigenvalue weighted by Gasteiger charge is 2.49. The summed E-state index contributed by atoms with van der Waals surface area (Å²) in [6, 6.07) is 6.51. The van der Waals surface area contributed by atoms with Gasteiger partial charge in [-0.25, -0.2) is 19.0 Å². The molecule has 3 aromatic heterocycles. The molecule has 0 fully saturated rings. The molecular formula is C24H25ClFN7O7. The number of nitrogen functional groups attached to an aromatic ring is 1. The van der Waals surface area contributed by atoms with E-state index in [2.05, 4.69) is 25.1 Å².